The molecule has 13 heteroatoms. The maximum absolute atomic E-state index is 14.3. The summed E-state index contributed by atoms with van der Waals surface area (Å²) in [5.41, 5.74) is 3.50. The molecule has 8 rings (SSSR count). The second-order valence-electron chi connectivity index (χ2n) is 14.1. The van der Waals surface area contributed by atoms with Crippen LogP contribution in [0.3, 0.4) is 0 Å². The minimum absolute atomic E-state index is 0.0360. The number of pyridine rings is 2. The van der Waals surface area contributed by atoms with Crippen molar-refractivity contribution in [3.05, 3.63) is 124 Å². The third-order valence-electron chi connectivity index (χ3n) is 10.7. The van der Waals surface area contributed by atoms with Crippen molar-refractivity contribution in [3.63, 3.8) is 0 Å². The topological polar surface area (TPSA) is 139 Å². The number of benzene rings is 1. The summed E-state index contributed by atoms with van der Waals surface area (Å²) in [4.78, 5) is 63.8. The van der Waals surface area contributed by atoms with E-state index in [4.69, 9.17) is 4.98 Å². The first kappa shape index (κ1) is 34.6. The summed E-state index contributed by atoms with van der Waals surface area (Å²) in [6, 6.07) is 19.3. The van der Waals surface area contributed by atoms with Gasteiger partial charge in [0.1, 0.15) is 16.2 Å². The molecule has 53 heavy (non-hydrogen) atoms. The third-order valence-corrected chi connectivity index (χ3v) is 11.9. The van der Waals surface area contributed by atoms with Gasteiger partial charge in [0.05, 0.1) is 28.9 Å². The van der Waals surface area contributed by atoms with Crippen LogP contribution in [0.1, 0.15) is 51.8 Å². The fourth-order valence-electron chi connectivity index (χ4n) is 7.66. The fourth-order valence-corrected chi connectivity index (χ4v) is 8.68. The van der Waals surface area contributed by atoms with Crippen LogP contribution in [0.25, 0.3) is 27.3 Å². The van der Waals surface area contributed by atoms with Crippen molar-refractivity contribution in [3.8, 4) is 16.3 Å². The van der Waals surface area contributed by atoms with Crippen molar-refractivity contribution in [1.82, 2.24) is 38.9 Å². The zero-order chi connectivity index (χ0) is 36.7. The molecule has 0 radical (unpaired) electrons. The van der Waals surface area contributed by atoms with Gasteiger partial charge in [-0.2, -0.15) is 0 Å². The molecule has 12 nitrogen and oxygen atoms in total. The lowest BCUT2D eigenvalue weighted by atomic mass is 9.79. The zero-order valence-corrected chi connectivity index (χ0v) is 30.4. The summed E-state index contributed by atoms with van der Waals surface area (Å²) in [7, 11) is 0. The van der Waals surface area contributed by atoms with Gasteiger partial charge in [-0.25, -0.2) is 9.97 Å². The first-order valence-corrected chi connectivity index (χ1v) is 18.7. The molecule has 2 fully saturated rings. The number of hydrogen-bond acceptors (Lipinski definition) is 9. The van der Waals surface area contributed by atoms with Crippen molar-refractivity contribution in [2.45, 2.75) is 51.2 Å². The molecule has 1 N–H and O–H groups in total. The number of aromatic nitrogens is 6. The van der Waals surface area contributed by atoms with Crippen molar-refractivity contribution >= 4 is 34.2 Å². The molecule has 2 aliphatic rings. The van der Waals surface area contributed by atoms with Gasteiger partial charge >= 0.3 is 0 Å². The number of thiazole rings is 1. The molecule has 0 aliphatic carbocycles. The molecule has 0 saturated carbocycles. The van der Waals surface area contributed by atoms with Gasteiger partial charge in [-0.1, -0.05) is 30.3 Å². The Bertz CT molecular complexity index is 2330. The van der Waals surface area contributed by atoms with Crippen LogP contribution in [0.5, 0.6) is 0 Å². The van der Waals surface area contributed by atoms with Gasteiger partial charge in [0.25, 0.3) is 11.5 Å². The first-order chi connectivity index (χ1) is 25.7. The lowest BCUT2D eigenvalue weighted by molar-refractivity contribution is -0.142. The molecule has 6 aromatic rings. The van der Waals surface area contributed by atoms with Crippen LogP contribution < -0.4 is 5.56 Å². The van der Waals surface area contributed by atoms with E-state index in [2.05, 4.69) is 15.0 Å². The number of nitrogens with zero attached hydrogens (tertiary/aromatic N) is 8. The van der Waals surface area contributed by atoms with E-state index >= 15 is 0 Å². The molecular weight excluding hydrogens is 689 g/mol. The van der Waals surface area contributed by atoms with E-state index < -0.39 is 5.60 Å². The summed E-state index contributed by atoms with van der Waals surface area (Å²) in [6.07, 6.45) is 9.64. The van der Waals surface area contributed by atoms with E-state index in [0.717, 1.165) is 27.5 Å². The van der Waals surface area contributed by atoms with E-state index in [1.807, 2.05) is 82.8 Å². The number of carbonyl (C=O) groups excluding carboxylic acids is 2. The van der Waals surface area contributed by atoms with Crippen LogP contribution in [0.15, 0.2) is 96.6 Å². The molecule has 7 heterocycles. The summed E-state index contributed by atoms with van der Waals surface area (Å²) >= 11 is 1.38. The number of aryl methyl sites for hydroxylation is 2. The fraction of sp³-hybridized carbons (Fsp3) is 0.325. The highest BCUT2D eigenvalue weighted by Crippen LogP contribution is 2.37. The molecule has 0 spiro atoms. The maximum atomic E-state index is 14.3. The predicted molar refractivity (Wildman–Crippen MR) is 202 cm³/mol. The monoisotopic (exact) mass is 728 g/mol. The SMILES string of the molecule is Cc1ccc(-c2nc(C)c(C(=O)N3CC[C@@H](C(=O)N4CCC(O)(Cn5cnc6c(ccn6-c6ccncc6)c5=O)CC4)[C@H](c4ccccc4)C3)s2)cn1. The van der Waals surface area contributed by atoms with Gasteiger partial charge in [-0.05, 0) is 69.0 Å². The number of amides is 2. The minimum Gasteiger partial charge on any atom is -0.388 e. The largest absolute Gasteiger partial charge is 0.388 e. The smallest absolute Gasteiger partial charge is 0.265 e. The van der Waals surface area contributed by atoms with E-state index in [9.17, 15) is 19.5 Å². The summed E-state index contributed by atoms with van der Waals surface area (Å²) in [6.45, 7) is 5.49. The Morgan fingerprint density at radius 2 is 1.72 bits per heavy atom. The van der Waals surface area contributed by atoms with Gasteiger partial charge in [0.2, 0.25) is 5.91 Å². The molecule has 2 saturated heterocycles. The molecule has 2 amide bonds. The standard InChI is InChI=1S/C40H40N8O4S/c1-26-8-9-29(22-42-26)36-44-27(2)34(53-36)39(51)46-18-12-31(33(23-46)28-6-4-3-5-7-28)37(49)45-20-14-40(52,15-21-45)24-47-25-43-35-32(38(47)50)13-19-48(35)30-10-16-41-17-11-30/h3-11,13,16-17,19,22,25,31,33,52H,12,14-15,18,20-21,23-24H2,1-2H3/t31-,33+/m1/s1. The lowest BCUT2D eigenvalue weighted by Crippen LogP contribution is -2.53. The van der Waals surface area contributed by atoms with Gasteiger partial charge in [0.15, 0.2) is 5.65 Å². The van der Waals surface area contributed by atoms with Crippen LogP contribution in [-0.2, 0) is 11.3 Å². The molecular formula is C40H40N8O4S. The third kappa shape index (κ3) is 6.77. The van der Waals surface area contributed by atoms with Gasteiger partial charge in [0, 0.05) is 74.1 Å². The van der Waals surface area contributed by atoms with Crippen LogP contribution in [-0.4, -0.2) is 87.6 Å². The molecule has 0 bridgehead atoms. The Hall–Kier alpha value is -5.53. The number of piperidine rings is 2. The van der Waals surface area contributed by atoms with E-state index in [0.29, 0.717) is 67.0 Å². The Kier molecular flexibility index (Phi) is 9.21. The average Bonchev–Trinajstić information content (AvgIpc) is 3.80. The lowest BCUT2D eigenvalue weighted by Gasteiger charge is -2.43. The van der Waals surface area contributed by atoms with Crippen LogP contribution in [0.2, 0.25) is 0 Å². The van der Waals surface area contributed by atoms with E-state index in [1.54, 1.807) is 30.9 Å². The maximum Gasteiger partial charge on any atom is 0.265 e. The van der Waals surface area contributed by atoms with Crippen molar-refractivity contribution in [1.29, 1.82) is 0 Å². The average molecular weight is 729 g/mol. The predicted octanol–water partition coefficient (Wildman–Crippen LogP) is 5.02. The van der Waals surface area contributed by atoms with Crippen LogP contribution in [0, 0.1) is 19.8 Å². The summed E-state index contributed by atoms with van der Waals surface area (Å²) < 4.78 is 3.31. The highest BCUT2D eigenvalue weighted by atomic mass is 32.1. The number of aliphatic hydroxyl groups is 1. The second-order valence-corrected chi connectivity index (χ2v) is 15.1. The van der Waals surface area contributed by atoms with Crippen molar-refractivity contribution in [2.75, 3.05) is 26.2 Å². The van der Waals surface area contributed by atoms with Gasteiger partial charge < -0.3 is 19.5 Å². The first-order valence-electron chi connectivity index (χ1n) is 17.9. The molecule has 2 aliphatic heterocycles. The Balaban J connectivity index is 0.954. The summed E-state index contributed by atoms with van der Waals surface area (Å²) in [5, 5.41) is 12.9. The molecule has 2 atom stereocenters. The summed E-state index contributed by atoms with van der Waals surface area (Å²) in [5.74, 6) is -0.540. The number of hydrogen-bond donors (Lipinski definition) is 1. The molecule has 0 unspecified atom stereocenters. The van der Waals surface area contributed by atoms with Crippen LogP contribution in [0.4, 0.5) is 0 Å². The molecule has 270 valence electrons. The molecule has 1 aromatic carbocycles. The zero-order valence-electron chi connectivity index (χ0n) is 29.6. The van der Waals surface area contributed by atoms with Crippen molar-refractivity contribution in [2.24, 2.45) is 5.92 Å². The van der Waals surface area contributed by atoms with E-state index in [1.165, 1.54) is 22.2 Å². The minimum atomic E-state index is -1.17. The van der Waals surface area contributed by atoms with Crippen molar-refractivity contribution < 1.29 is 14.7 Å². The Labute approximate surface area is 310 Å². The highest BCUT2D eigenvalue weighted by molar-refractivity contribution is 7.17. The Morgan fingerprint density at radius 1 is 0.943 bits per heavy atom. The Morgan fingerprint density at radius 3 is 2.45 bits per heavy atom. The number of carbonyl (C=O) groups is 2. The second kappa shape index (κ2) is 14.1. The molecule has 5 aromatic heterocycles. The highest BCUT2D eigenvalue weighted by Gasteiger charge is 2.42. The normalized spacial score (nSPS) is 18.7. The van der Waals surface area contributed by atoms with Gasteiger partial charge in [-0.3, -0.25) is 28.9 Å². The van der Waals surface area contributed by atoms with Gasteiger partial charge in [-0.15, -0.1) is 11.3 Å². The van der Waals surface area contributed by atoms with Crippen LogP contribution >= 0.6 is 11.3 Å². The van der Waals surface area contributed by atoms with E-state index in [-0.39, 0.29) is 35.8 Å². The quantitative estimate of drug-likeness (QED) is 0.242. The number of fused-ring (bicyclic) bond motifs is 1. The number of rotatable bonds is 7. The number of likely N-dealkylation sites (tertiary alicyclic amines) is 2.